The molecule has 0 aromatic heterocycles. The molecule has 0 aliphatic carbocycles. The third kappa shape index (κ3) is 4.07. The number of nitrogens with one attached hydrogen (secondary N) is 1. The van der Waals surface area contributed by atoms with Gasteiger partial charge in [0.25, 0.3) is 0 Å². The van der Waals surface area contributed by atoms with Crippen molar-refractivity contribution in [1.82, 2.24) is 10.2 Å². The predicted molar refractivity (Wildman–Crippen MR) is 54.7 cm³/mol. The molecule has 1 saturated heterocycles. The summed E-state index contributed by atoms with van der Waals surface area (Å²) < 4.78 is 0. The van der Waals surface area contributed by atoms with Gasteiger partial charge in [-0.25, -0.2) is 0 Å². The van der Waals surface area contributed by atoms with Crippen LogP contribution in [0.15, 0.2) is 0 Å². The minimum atomic E-state index is -0.127. The van der Waals surface area contributed by atoms with E-state index in [1.807, 2.05) is 0 Å². The summed E-state index contributed by atoms with van der Waals surface area (Å²) in [5.41, 5.74) is 0. The number of β-amino-alcohol motifs (C(OH)–C–C–N with tert-alkyl or cyclic N) is 1. The van der Waals surface area contributed by atoms with Gasteiger partial charge in [-0.05, 0) is 19.4 Å². The molecule has 0 aromatic rings. The van der Waals surface area contributed by atoms with Crippen molar-refractivity contribution >= 4 is 0 Å². The Labute approximate surface area is 81.1 Å². The average molecular weight is 186 g/mol. The molecular formula is C10H22N2O. The van der Waals surface area contributed by atoms with Gasteiger partial charge in [0.05, 0.1) is 6.10 Å². The number of likely N-dealkylation sites (N-methyl/N-ethyl adjacent to an activating group) is 1. The summed E-state index contributed by atoms with van der Waals surface area (Å²) in [5, 5.41) is 12.6. The van der Waals surface area contributed by atoms with Crippen LogP contribution < -0.4 is 5.32 Å². The highest BCUT2D eigenvalue weighted by Gasteiger charge is 2.22. The molecule has 1 heterocycles. The van der Waals surface area contributed by atoms with Gasteiger partial charge in [-0.3, -0.25) is 0 Å². The average Bonchev–Trinajstić information content (AvgIpc) is 2.33. The van der Waals surface area contributed by atoms with Gasteiger partial charge < -0.3 is 15.3 Å². The van der Waals surface area contributed by atoms with E-state index in [1.54, 1.807) is 0 Å². The lowest BCUT2D eigenvalue weighted by Crippen LogP contribution is -2.36. The molecule has 1 rings (SSSR count). The van der Waals surface area contributed by atoms with Crippen LogP contribution >= 0.6 is 0 Å². The van der Waals surface area contributed by atoms with Gasteiger partial charge in [-0.1, -0.05) is 13.8 Å². The summed E-state index contributed by atoms with van der Waals surface area (Å²) >= 11 is 0. The Morgan fingerprint density at radius 2 is 2.23 bits per heavy atom. The zero-order chi connectivity index (χ0) is 9.84. The molecule has 1 fully saturated rings. The maximum Gasteiger partial charge on any atom is 0.0680 e. The molecule has 0 radical (unpaired) electrons. The summed E-state index contributed by atoms with van der Waals surface area (Å²) in [6.07, 6.45) is 0.778. The van der Waals surface area contributed by atoms with Crippen LogP contribution in [-0.4, -0.2) is 48.8 Å². The smallest absolute Gasteiger partial charge is 0.0680 e. The van der Waals surface area contributed by atoms with Crippen molar-refractivity contribution in [2.45, 2.75) is 32.4 Å². The van der Waals surface area contributed by atoms with E-state index in [0.717, 1.165) is 32.0 Å². The Balaban J connectivity index is 2.16. The van der Waals surface area contributed by atoms with Crippen molar-refractivity contribution in [2.75, 3.05) is 26.7 Å². The van der Waals surface area contributed by atoms with Gasteiger partial charge >= 0.3 is 0 Å². The second-order valence-electron chi connectivity index (χ2n) is 4.61. The molecule has 2 N–H and O–H groups in total. The lowest BCUT2D eigenvalue weighted by Gasteiger charge is -2.22. The molecule has 3 heteroatoms. The molecule has 2 atom stereocenters. The zero-order valence-corrected chi connectivity index (χ0v) is 8.95. The lowest BCUT2D eigenvalue weighted by atomic mass is 10.1. The summed E-state index contributed by atoms with van der Waals surface area (Å²) in [6.45, 7) is 7.41. The molecule has 3 nitrogen and oxygen atoms in total. The fourth-order valence-corrected chi connectivity index (χ4v) is 2.01. The van der Waals surface area contributed by atoms with E-state index >= 15 is 0 Å². The fourth-order valence-electron chi connectivity index (χ4n) is 2.01. The normalized spacial score (nSPS) is 29.1. The molecule has 0 saturated carbocycles. The van der Waals surface area contributed by atoms with Gasteiger partial charge in [0.1, 0.15) is 0 Å². The first-order chi connectivity index (χ1) is 6.08. The van der Waals surface area contributed by atoms with Crippen molar-refractivity contribution in [3.05, 3.63) is 0 Å². The number of hydrogen-bond donors (Lipinski definition) is 2. The van der Waals surface area contributed by atoms with Gasteiger partial charge in [-0.2, -0.15) is 0 Å². The first-order valence-corrected chi connectivity index (χ1v) is 5.18. The molecule has 2 unspecified atom stereocenters. The molecule has 1 aliphatic rings. The van der Waals surface area contributed by atoms with Crippen LogP contribution in [0.5, 0.6) is 0 Å². The summed E-state index contributed by atoms with van der Waals surface area (Å²) in [7, 11) is 2.15. The van der Waals surface area contributed by atoms with Gasteiger partial charge in [0, 0.05) is 25.7 Å². The van der Waals surface area contributed by atoms with E-state index in [-0.39, 0.29) is 6.10 Å². The number of hydrogen-bond acceptors (Lipinski definition) is 3. The zero-order valence-electron chi connectivity index (χ0n) is 8.95. The van der Waals surface area contributed by atoms with Crippen molar-refractivity contribution in [3.8, 4) is 0 Å². The van der Waals surface area contributed by atoms with E-state index in [9.17, 15) is 5.11 Å². The van der Waals surface area contributed by atoms with Crippen LogP contribution in [0, 0.1) is 5.92 Å². The molecule has 78 valence electrons. The number of rotatable bonds is 4. The Morgan fingerprint density at radius 3 is 2.69 bits per heavy atom. The van der Waals surface area contributed by atoms with E-state index in [0.29, 0.717) is 6.04 Å². The third-order valence-electron chi connectivity index (χ3n) is 2.41. The Hall–Kier alpha value is -0.120. The molecular weight excluding hydrogens is 164 g/mol. The van der Waals surface area contributed by atoms with Crippen LogP contribution in [-0.2, 0) is 0 Å². The first kappa shape index (κ1) is 11.0. The topological polar surface area (TPSA) is 35.5 Å². The summed E-state index contributed by atoms with van der Waals surface area (Å²) in [4.78, 5) is 2.33. The van der Waals surface area contributed by atoms with Crippen LogP contribution in [0.25, 0.3) is 0 Å². The van der Waals surface area contributed by atoms with Crippen molar-refractivity contribution in [1.29, 1.82) is 0 Å². The van der Waals surface area contributed by atoms with Crippen LogP contribution in [0.3, 0.4) is 0 Å². The molecule has 0 aromatic carbocycles. The van der Waals surface area contributed by atoms with E-state index in [1.165, 1.54) is 0 Å². The van der Waals surface area contributed by atoms with Gasteiger partial charge in [0.2, 0.25) is 0 Å². The second kappa shape index (κ2) is 4.94. The number of aliphatic hydroxyl groups is 1. The highest BCUT2D eigenvalue weighted by atomic mass is 16.3. The lowest BCUT2D eigenvalue weighted by molar-refractivity contribution is 0.188. The predicted octanol–water partition coefficient (Wildman–Crippen LogP) is 0.297. The minimum absolute atomic E-state index is 0.127. The van der Waals surface area contributed by atoms with Crippen LogP contribution in [0.2, 0.25) is 0 Å². The summed E-state index contributed by atoms with van der Waals surface area (Å²) in [6, 6.07) is 0.485. The maximum absolute atomic E-state index is 9.31. The highest BCUT2D eigenvalue weighted by Crippen LogP contribution is 2.08. The second-order valence-corrected chi connectivity index (χ2v) is 4.61. The quantitative estimate of drug-likeness (QED) is 0.663. The van der Waals surface area contributed by atoms with Crippen LogP contribution in [0.4, 0.5) is 0 Å². The van der Waals surface area contributed by atoms with E-state index in [2.05, 4.69) is 31.1 Å². The fraction of sp³-hybridized carbons (Fsp3) is 1.00. The van der Waals surface area contributed by atoms with E-state index < -0.39 is 0 Å². The Kier molecular flexibility index (Phi) is 4.16. The Morgan fingerprint density at radius 1 is 1.54 bits per heavy atom. The largest absolute Gasteiger partial charge is 0.392 e. The number of nitrogens with zero attached hydrogens (tertiary/aromatic N) is 1. The molecule has 0 amide bonds. The van der Waals surface area contributed by atoms with E-state index in [4.69, 9.17) is 0 Å². The highest BCUT2D eigenvalue weighted by molar-refractivity contribution is 4.82. The van der Waals surface area contributed by atoms with Crippen molar-refractivity contribution in [3.63, 3.8) is 0 Å². The molecule has 13 heavy (non-hydrogen) atoms. The van der Waals surface area contributed by atoms with Gasteiger partial charge in [0.15, 0.2) is 0 Å². The third-order valence-corrected chi connectivity index (χ3v) is 2.41. The monoisotopic (exact) mass is 186 g/mol. The molecule has 1 aliphatic heterocycles. The minimum Gasteiger partial charge on any atom is -0.392 e. The van der Waals surface area contributed by atoms with Crippen molar-refractivity contribution in [2.24, 2.45) is 5.92 Å². The number of aliphatic hydroxyl groups excluding tert-OH is 1. The molecule has 0 bridgehead atoms. The Bertz CT molecular complexity index is 150. The first-order valence-electron chi connectivity index (χ1n) is 5.18. The standard InChI is InChI=1S/C10H22N2O/c1-8(2)6-12(3)7-9-4-10(13)5-11-9/h8-11,13H,4-7H2,1-3H3. The van der Waals surface area contributed by atoms with Gasteiger partial charge in [-0.15, -0.1) is 0 Å². The van der Waals surface area contributed by atoms with Crippen LogP contribution in [0.1, 0.15) is 20.3 Å². The molecule has 0 spiro atoms. The summed E-state index contributed by atoms with van der Waals surface area (Å²) in [5.74, 6) is 0.719. The SMILES string of the molecule is CC(C)CN(C)CC1CC(O)CN1. The maximum atomic E-state index is 9.31. The van der Waals surface area contributed by atoms with Crippen molar-refractivity contribution < 1.29 is 5.11 Å².